The number of nitrogens with one attached hydrogen (secondary N) is 2. The van der Waals surface area contributed by atoms with Crippen molar-refractivity contribution in [3.8, 4) is 0 Å². The minimum Gasteiger partial charge on any atom is -0.460 e. The summed E-state index contributed by atoms with van der Waals surface area (Å²) in [5.41, 5.74) is 2.94. The number of anilines is 1. The zero-order valence-corrected chi connectivity index (χ0v) is 31.1. The zero-order valence-electron chi connectivity index (χ0n) is 31.1. The summed E-state index contributed by atoms with van der Waals surface area (Å²) in [5.74, 6) is -1.11. The first-order chi connectivity index (χ1) is 25.4. The molecule has 0 aliphatic carbocycles. The van der Waals surface area contributed by atoms with E-state index in [0.29, 0.717) is 5.76 Å². The number of ketones is 1. The largest absolute Gasteiger partial charge is 0.460 e. The maximum Gasteiger partial charge on any atom is 0.246 e. The third kappa shape index (κ3) is 9.14. The van der Waals surface area contributed by atoms with E-state index in [1.807, 2.05) is 82.3 Å². The topological polar surface area (TPSA) is 145 Å². The first-order valence-electron chi connectivity index (χ1n) is 18.7. The molecule has 2 aliphatic heterocycles. The number of furan rings is 1. The fraction of sp³-hybridized carbons (Fsp3) is 0.452. The Morgan fingerprint density at radius 3 is 2.36 bits per heavy atom. The van der Waals surface area contributed by atoms with E-state index in [-0.39, 0.29) is 55.9 Å². The van der Waals surface area contributed by atoms with Gasteiger partial charge in [-0.3, -0.25) is 24.2 Å². The van der Waals surface area contributed by atoms with Gasteiger partial charge in [-0.2, -0.15) is 0 Å². The van der Waals surface area contributed by atoms with Crippen LogP contribution in [0.15, 0.2) is 83.5 Å². The summed E-state index contributed by atoms with van der Waals surface area (Å²) in [6.45, 7) is 9.48. The molecular formula is C42H51N5O6. The molecule has 2 aromatic heterocycles. The maximum atomic E-state index is 14.1. The van der Waals surface area contributed by atoms with Gasteiger partial charge in [0.1, 0.15) is 29.2 Å². The minimum atomic E-state index is -0.986. The third-order valence-corrected chi connectivity index (χ3v) is 10.4. The Morgan fingerprint density at radius 1 is 0.943 bits per heavy atom. The number of aromatic nitrogens is 1. The lowest BCUT2D eigenvalue weighted by molar-refractivity contribution is -0.144. The van der Waals surface area contributed by atoms with Crippen molar-refractivity contribution in [1.29, 1.82) is 0 Å². The molecule has 0 saturated carbocycles. The lowest BCUT2D eigenvalue weighted by Gasteiger charge is -2.35. The molecule has 6 rings (SSSR count). The summed E-state index contributed by atoms with van der Waals surface area (Å²) in [7, 11) is 0. The summed E-state index contributed by atoms with van der Waals surface area (Å²) < 4.78 is 6.13. The molecule has 2 aliphatic rings. The molecule has 280 valence electrons. The number of nitrogens with zero attached hydrogens (tertiary/aromatic N) is 3. The maximum absolute atomic E-state index is 14.1. The van der Waals surface area contributed by atoms with Gasteiger partial charge in [-0.15, -0.1) is 0 Å². The number of aliphatic hydroxyl groups is 1. The molecule has 11 heteroatoms. The van der Waals surface area contributed by atoms with Crippen LogP contribution in [0.25, 0.3) is 11.0 Å². The van der Waals surface area contributed by atoms with Crippen molar-refractivity contribution in [2.75, 3.05) is 24.5 Å². The first kappa shape index (κ1) is 37.7. The van der Waals surface area contributed by atoms with Gasteiger partial charge >= 0.3 is 0 Å². The van der Waals surface area contributed by atoms with Crippen molar-refractivity contribution in [2.45, 2.75) is 96.4 Å². The quantitative estimate of drug-likeness (QED) is 0.160. The van der Waals surface area contributed by atoms with Crippen LogP contribution in [0.3, 0.4) is 0 Å². The number of para-hydroxylation sites is 1. The SMILES string of the molecule is C[C@@H](NC(=O)[C@@H]1C[C@@H](O)CN1C(=O)[C@@H](NC(=O)CCC(=O)CC(c1cccnc1)c1cc2ccccc2o1)C(C)(C)C)c1ccc(N2CCCC2)cc1. The summed E-state index contributed by atoms with van der Waals surface area (Å²) in [5, 5.41) is 17.5. The normalized spacial score (nSPS) is 19.2. The average Bonchev–Trinajstić information content (AvgIpc) is 3.92. The van der Waals surface area contributed by atoms with Gasteiger partial charge in [0.2, 0.25) is 17.7 Å². The predicted molar refractivity (Wildman–Crippen MR) is 203 cm³/mol. The lowest BCUT2D eigenvalue weighted by Crippen LogP contribution is -2.57. The second kappa shape index (κ2) is 16.3. The van der Waals surface area contributed by atoms with Gasteiger partial charge in [0.05, 0.1) is 18.1 Å². The monoisotopic (exact) mass is 721 g/mol. The number of hydrogen-bond acceptors (Lipinski definition) is 8. The lowest BCUT2D eigenvalue weighted by atomic mass is 9.85. The van der Waals surface area contributed by atoms with Crippen LogP contribution in [0.2, 0.25) is 0 Å². The van der Waals surface area contributed by atoms with Gasteiger partial charge in [-0.25, -0.2) is 0 Å². The Morgan fingerprint density at radius 2 is 1.68 bits per heavy atom. The Kier molecular flexibility index (Phi) is 11.6. The van der Waals surface area contributed by atoms with E-state index >= 15 is 0 Å². The number of carbonyl (C=O) groups is 4. The molecule has 11 nitrogen and oxygen atoms in total. The number of likely N-dealkylation sites (tertiary alicyclic amines) is 1. The van der Waals surface area contributed by atoms with Gasteiger partial charge in [0.25, 0.3) is 0 Å². The Balaban J connectivity index is 1.07. The number of pyridine rings is 1. The van der Waals surface area contributed by atoms with E-state index in [4.69, 9.17) is 4.42 Å². The van der Waals surface area contributed by atoms with Gasteiger partial charge in [-0.05, 0) is 66.6 Å². The number of aliphatic hydroxyl groups excluding tert-OH is 1. The number of fused-ring (bicyclic) bond motifs is 1. The second-order valence-corrected chi connectivity index (χ2v) is 15.5. The third-order valence-electron chi connectivity index (χ3n) is 10.4. The molecule has 4 aromatic rings. The summed E-state index contributed by atoms with van der Waals surface area (Å²) >= 11 is 0. The highest BCUT2D eigenvalue weighted by molar-refractivity contribution is 5.94. The second-order valence-electron chi connectivity index (χ2n) is 15.5. The number of benzene rings is 2. The predicted octanol–water partition coefficient (Wildman–Crippen LogP) is 5.67. The van der Waals surface area contributed by atoms with Crippen LogP contribution < -0.4 is 15.5 Å². The molecule has 0 radical (unpaired) electrons. The number of rotatable bonds is 13. The Labute approximate surface area is 311 Å². The van der Waals surface area contributed by atoms with Gasteiger partial charge in [-0.1, -0.05) is 57.2 Å². The van der Waals surface area contributed by atoms with Crippen LogP contribution in [0.1, 0.15) is 95.1 Å². The van der Waals surface area contributed by atoms with Crippen molar-refractivity contribution < 1.29 is 28.7 Å². The van der Waals surface area contributed by atoms with Crippen molar-refractivity contribution >= 4 is 40.2 Å². The number of Topliss-reactive ketones (excluding diaryl/α,β-unsaturated/α-hetero) is 1. The van der Waals surface area contributed by atoms with E-state index in [0.717, 1.165) is 40.9 Å². The molecule has 2 fully saturated rings. The van der Waals surface area contributed by atoms with Gasteiger partial charge < -0.3 is 30.0 Å². The summed E-state index contributed by atoms with van der Waals surface area (Å²) in [6.07, 6.45) is 4.96. The molecule has 0 spiro atoms. The highest BCUT2D eigenvalue weighted by Gasteiger charge is 2.44. The smallest absolute Gasteiger partial charge is 0.246 e. The summed E-state index contributed by atoms with van der Waals surface area (Å²) in [4.78, 5) is 62.4. The van der Waals surface area contributed by atoms with Crippen molar-refractivity contribution in [2.24, 2.45) is 5.41 Å². The van der Waals surface area contributed by atoms with Crippen LogP contribution in [0, 0.1) is 5.41 Å². The van der Waals surface area contributed by atoms with Crippen molar-refractivity contribution in [3.63, 3.8) is 0 Å². The Hall–Kier alpha value is -5.03. The van der Waals surface area contributed by atoms with Crippen molar-refractivity contribution in [1.82, 2.24) is 20.5 Å². The average molecular weight is 722 g/mol. The number of carbonyl (C=O) groups excluding carboxylic acids is 4. The molecule has 3 N–H and O–H groups in total. The van der Waals surface area contributed by atoms with E-state index in [1.54, 1.807) is 12.4 Å². The number of hydrogen-bond donors (Lipinski definition) is 3. The van der Waals surface area contributed by atoms with E-state index in [1.165, 1.54) is 17.7 Å². The molecule has 2 aromatic carbocycles. The Bertz CT molecular complexity index is 1860. The molecule has 1 unspecified atom stereocenters. The van der Waals surface area contributed by atoms with Gasteiger partial charge in [0.15, 0.2) is 0 Å². The molecule has 53 heavy (non-hydrogen) atoms. The van der Waals surface area contributed by atoms with Gasteiger partial charge in [0, 0.05) is 68.8 Å². The highest BCUT2D eigenvalue weighted by Crippen LogP contribution is 2.33. The summed E-state index contributed by atoms with van der Waals surface area (Å²) in [6, 6.07) is 19.3. The van der Waals surface area contributed by atoms with Crippen LogP contribution in [-0.2, 0) is 19.2 Å². The fourth-order valence-electron chi connectivity index (χ4n) is 7.42. The van der Waals surface area contributed by atoms with Crippen LogP contribution in [0.5, 0.6) is 0 Å². The minimum absolute atomic E-state index is 0.0196. The molecule has 3 amide bonds. The highest BCUT2D eigenvalue weighted by atomic mass is 16.3. The standard InChI is InChI=1S/C42H51N5O6/c1-27(28-13-15-31(16-14-28)46-20-7-8-21-46)44-40(51)35-24-33(49)26-47(35)41(52)39(42(2,3)4)45-38(50)18-17-32(48)23-34(30-11-9-19-43-25-30)37-22-29-10-5-6-12-36(29)53-37/h5-6,9-16,19,22,25,27,33-35,39,49H,7-8,17-18,20-21,23-24,26H2,1-4H3,(H,44,51)(H,45,50)/t27-,33-,34?,35+,39-/m1/s1. The van der Waals surface area contributed by atoms with Crippen LogP contribution in [0.4, 0.5) is 5.69 Å². The molecule has 2 saturated heterocycles. The molecule has 0 bridgehead atoms. The zero-order chi connectivity index (χ0) is 37.7. The van der Waals surface area contributed by atoms with Crippen LogP contribution in [-0.4, -0.2) is 76.3 Å². The van der Waals surface area contributed by atoms with E-state index in [9.17, 15) is 24.3 Å². The number of β-amino-alcohol motifs (C(OH)–C–C–N with tert-alkyl or cyclic N) is 1. The molecule has 5 atom stereocenters. The van der Waals surface area contributed by atoms with Crippen molar-refractivity contribution in [3.05, 3.63) is 96.0 Å². The molecule has 4 heterocycles. The van der Waals surface area contributed by atoms with E-state index < -0.39 is 35.4 Å². The fourth-order valence-corrected chi connectivity index (χ4v) is 7.42. The molecular weight excluding hydrogens is 670 g/mol. The van der Waals surface area contributed by atoms with Crippen LogP contribution >= 0.6 is 0 Å². The number of amides is 3. The van der Waals surface area contributed by atoms with E-state index in [2.05, 4.69) is 32.7 Å². The first-order valence-corrected chi connectivity index (χ1v) is 18.7.